The normalized spacial score (nSPS) is 33.1. The predicted octanol–water partition coefficient (Wildman–Crippen LogP) is 9.79. The molecule has 3 fully saturated rings. The first-order valence-corrected chi connectivity index (χ1v) is 26.5. The van der Waals surface area contributed by atoms with E-state index < -0.39 is 59.8 Å². The number of nitrogens with zero attached hydrogens (tertiary/aromatic N) is 2. The van der Waals surface area contributed by atoms with E-state index >= 15 is 0 Å². The fraction of sp³-hybridized carbons (Fsp3) is 0.593. The van der Waals surface area contributed by atoms with Gasteiger partial charge in [0.05, 0.1) is 24.4 Å². The summed E-state index contributed by atoms with van der Waals surface area (Å²) in [5, 5.41) is 17.1. The average molecular weight is 992 g/mol. The van der Waals surface area contributed by atoms with Crippen LogP contribution in [0.5, 0.6) is 0 Å². The maximum Gasteiger partial charge on any atom is 0.329 e. The minimum absolute atomic E-state index is 0.0588. The van der Waals surface area contributed by atoms with Crippen molar-refractivity contribution < 1.29 is 48.0 Å². The number of esters is 1. The Morgan fingerprint density at radius 1 is 0.903 bits per heavy atom. The molecule has 4 heterocycles. The molecule has 2 saturated heterocycles. The van der Waals surface area contributed by atoms with E-state index in [0.29, 0.717) is 44.9 Å². The molecule has 2 bridgehead atoms. The van der Waals surface area contributed by atoms with Gasteiger partial charge in [0.15, 0.2) is 0 Å². The number of cyclic esters (lactones) is 1. The highest BCUT2D eigenvalue weighted by Gasteiger charge is 2.56. The molecule has 392 valence electrons. The Bertz CT molecular complexity index is 2410. The molecule has 13 unspecified atom stereocenters. The van der Waals surface area contributed by atoms with Crippen molar-refractivity contribution in [1.29, 1.82) is 0 Å². The number of carbonyl (C=O) groups is 4. The molecule has 0 radical (unpaired) electrons. The number of benzene rings is 2. The fourth-order valence-electron chi connectivity index (χ4n) is 12.0. The van der Waals surface area contributed by atoms with Crippen LogP contribution in [0.2, 0.25) is 0 Å². The molecule has 1 saturated carbocycles. The van der Waals surface area contributed by atoms with E-state index in [2.05, 4.69) is 90.3 Å². The Morgan fingerprint density at radius 2 is 1.64 bits per heavy atom. The van der Waals surface area contributed by atoms with E-state index in [4.69, 9.17) is 23.7 Å². The van der Waals surface area contributed by atoms with Crippen molar-refractivity contribution in [2.24, 2.45) is 29.6 Å². The molecule has 72 heavy (non-hydrogen) atoms. The average Bonchev–Trinajstić information content (AvgIpc) is 3.77. The molecule has 13 atom stereocenters. The summed E-state index contributed by atoms with van der Waals surface area (Å²) < 4.78 is 33.2. The SMILES string of the molecule is C=CCC1C=C(C)CC(C)CC(OC)C2OC(O)(C(=O)C(=O)N3CCCCC3C(=O)OC(C(C)=CC3CCC(Nc4ccc5c(ccn5Cc5ccccc5)c4)C(OC)C3)C(C)CCC1=O)C(C)CC2OC. The highest BCUT2D eigenvalue weighted by atomic mass is 16.7. The Kier molecular flexibility index (Phi) is 18.9. The van der Waals surface area contributed by atoms with Crippen LogP contribution in [0, 0.1) is 29.6 Å². The summed E-state index contributed by atoms with van der Waals surface area (Å²) in [4.78, 5) is 58.9. The summed E-state index contributed by atoms with van der Waals surface area (Å²) in [6.07, 6.45) is 12.0. The summed E-state index contributed by atoms with van der Waals surface area (Å²) in [6, 6.07) is 18.1. The quantitative estimate of drug-likeness (QED) is 0.107. The number of amides is 1. The number of aliphatic hydroxyl groups is 1. The summed E-state index contributed by atoms with van der Waals surface area (Å²) in [5.41, 5.74) is 5.37. The first kappa shape index (κ1) is 54.8. The van der Waals surface area contributed by atoms with Crippen LogP contribution in [0.15, 0.2) is 96.7 Å². The Morgan fingerprint density at radius 3 is 2.36 bits per heavy atom. The lowest BCUT2D eigenvalue weighted by Gasteiger charge is -2.47. The van der Waals surface area contributed by atoms with Crippen LogP contribution < -0.4 is 5.32 Å². The van der Waals surface area contributed by atoms with E-state index in [1.165, 1.54) is 21.4 Å². The zero-order chi connectivity index (χ0) is 51.7. The highest BCUT2D eigenvalue weighted by Crippen LogP contribution is 2.40. The van der Waals surface area contributed by atoms with Gasteiger partial charge < -0.3 is 43.6 Å². The molecule has 2 aromatic carbocycles. The van der Waals surface area contributed by atoms with Gasteiger partial charge in [-0.2, -0.15) is 0 Å². The van der Waals surface area contributed by atoms with E-state index in [-0.39, 0.29) is 61.0 Å². The molecule has 13 heteroatoms. The second kappa shape index (κ2) is 24.9. The second-order valence-corrected chi connectivity index (χ2v) is 21.5. The zero-order valence-electron chi connectivity index (χ0n) is 44.1. The number of allylic oxidation sites excluding steroid dienone is 4. The number of ketones is 2. The number of hydrogen-bond donors (Lipinski definition) is 2. The van der Waals surface area contributed by atoms with Gasteiger partial charge in [-0.15, -0.1) is 6.58 Å². The van der Waals surface area contributed by atoms with E-state index in [1.807, 2.05) is 26.8 Å². The zero-order valence-corrected chi connectivity index (χ0v) is 44.1. The lowest BCUT2D eigenvalue weighted by atomic mass is 9.81. The number of carbonyl (C=O) groups excluding carboxylic acids is 4. The molecule has 0 spiro atoms. The monoisotopic (exact) mass is 992 g/mol. The number of nitrogens with one attached hydrogen (secondary N) is 1. The standard InChI is InChI=1S/C59H81N3O10/c1-10-16-45-30-37(2)29-38(3)31-52(69-8)55-53(70-9)33-41(6)59(67,72-55)56(64)57(65)62-27-15-14-19-49(62)58(66)71-54(39(4)20-25-50(45)63)40(5)32-43-21-23-47(51(34-43)68-7)60-46-22-24-48-44(35-46)26-28-61(48)36-42-17-12-11-13-18-42/h10-13,17-18,22,24,26,28,30,32,35,38-39,41,43,45,47,49,51-55,60,67H,1,14-16,19-21,23,25,27,29,31,33-34,36H2,2-9H3. The minimum atomic E-state index is -2.48. The smallest absolute Gasteiger partial charge is 0.329 e. The summed E-state index contributed by atoms with van der Waals surface area (Å²) >= 11 is 0. The van der Waals surface area contributed by atoms with E-state index in [0.717, 1.165) is 42.6 Å². The van der Waals surface area contributed by atoms with Crippen molar-refractivity contribution in [3.05, 3.63) is 102 Å². The van der Waals surface area contributed by atoms with Crippen LogP contribution in [0.1, 0.15) is 117 Å². The number of aromatic nitrogens is 1. The first-order valence-electron chi connectivity index (χ1n) is 26.5. The molecule has 3 aromatic rings. The molecule has 2 N–H and O–H groups in total. The molecule has 13 nitrogen and oxygen atoms in total. The minimum Gasteiger partial charge on any atom is -0.456 e. The van der Waals surface area contributed by atoms with Crippen molar-refractivity contribution in [2.75, 3.05) is 33.2 Å². The third-order valence-electron chi connectivity index (χ3n) is 16.1. The van der Waals surface area contributed by atoms with Crippen LogP contribution in [0.4, 0.5) is 5.69 Å². The van der Waals surface area contributed by atoms with Gasteiger partial charge in [-0.1, -0.05) is 74.9 Å². The van der Waals surface area contributed by atoms with Gasteiger partial charge in [-0.3, -0.25) is 14.4 Å². The van der Waals surface area contributed by atoms with Crippen molar-refractivity contribution in [1.82, 2.24) is 9.47 Å². The molecular formula is C59H81N3O10. The summed E-state index contributed by atoms with van der Waals surface area (Å²) in [7, 11) is 4.87. The van der Waals surface area contributed by atoms with Crippen LogP contribution in [-0.4, -0.2) is 114 Å². The van der Waals surface area contributed by atoms with Crippen molar-refractivity contribution >= 4 is 40.0 Å². The molecule has 3 aliphatic heterocycles. The molecular weight excluding hydrogens is 911 g/mol. The van der Waals surface area contributed by atoms with Gasteiger partial charge in [0.2, 0.25) is 5.79 Å². The number of anilines is 1. The van der Waals surface area contributed by atoms with Gasteiger partial charge in [-0.05, 0) is 138 Å². The maximum absolute atomic E-state index is 14.6. The number of Topliss-reactive ketones (excluding diaryl/α,β-unsaturated/α-hetero) is 2. The molecule has 1 aromatic heterocycles. The third-order valence-corrected chi connectivity index (χ3v) is 16.1. The number of fused-ring (bicyclic) bond motifs is 4. The topological polar surface area (TPSA) is 155 Å². The van der Waals surface area contributed by atoms with Crippen molar-refractivity contribution in [3.63, 3.8) is 0 Å². The lowest BCUT2D eigenvalue weighted by Crippen LogP contribution is -2.64. The predicted molar refractivity (Wildman–Crippen MR) is 280 cm³/mol. The third kappa shape index (κ3) is 12.9. The molecule has 1 aliphatic carbocycles. The number of methoxy groups -OCH3 is 3. The molecule has 1 amide bonds. The van der Waals surface area contributed by atoms with Crippen LogP contribution in [0.3, 0.4) is 0 Å². The number of piperidine rings is 1. The van der Waals surface area contributed by atoms with Gasteiger partial charge in [0.25, 0.3) is 11.7 Å². The van der Waals surface area contributed by atoms with Crippen molar-refractivity contribution in [3.8, 4) is 0 Å². The first-order chi connectivity index (χ1) is 34.6. The van der Waals surface area contributed by atoms with Crippen LogP contribution in [-0.2, 0) is 49.4 Å². The van der Waals surface area contributed by atoms with E-state index in [9.17, 15) is 24.3 Å². The lowest BCUT2D eigenvalue weighted by molar-refractivity contribution is -0.302. The van der Waals surface area contributed by atoms with Crippen LogP contribution >= 0.6 is 0 Å². The van der Waals surface area contributed by atoms with Gasteiger partial charge in [0, 0.05) is 75.5 Å². The fourth-order valence-corrected chi connectivity index (χ4v) is 12.0. The highest BCUT2D eigenvalue weighted by molar-refractivity contribution is 6.39. The van der Waals surface area contributed by atoms with Crippen molar-refractivity contribution in [2.45, 2.75) is 167 Å². The van der Waals surface area contributed by atoms with Gasteiger partial charge in [-0.25, -0.2) is 4.79 Å². The number of rotatable bonds is 11. The van der Waals surface area contributed by atoms with Crippen LogP contribution in [0.25, 0.3) is 10.9 Å². The molecule has 7 rings (SSSR count). The molecule has 4 aliphatic rings. The van der Waals surface area contributed by atoms with Gasteiger partial charge in [0.1, 0.15) is 24.0 Å². The Labute approximate surface area is 427 Å². The summed E-state index contributed by atoms with van der Waals surface area (Å²) in [5.74, 6) is -6.38. The Hall–Kier alpha value is -4.92. The second-order valence-electron chi connectivity index (χ2n) is 21.5. The van der Waals surface area contributed by atoms with E-state index in [1.54, 1.807) is 34.3 Å². The largest absolute Gasteiger partial charge is 0.456 e. The Balaban J connectivity index is 1.13. The maximum atomic E-state index is 14.6. The number of hydrogen-bond acceptors (Lipinski definition) is 11. The number of ether oxygens (including phenoxy) is 5. The summed E-state index contributed by atoms with van der Waals surface area (Å²) in [6.45, 7) is 14.7. The van der Waals surface area contributed by atoms with Gasteiger partial charge >= 0.3 is 5.97 Å².